The molecule has 2 N–H and O–H groups in total. The first-order valence-corrected chi connectivity index (χ1v) is 7.15. The van der Waals surface area contributed by atoms with E-state index in [0.29, 0.717) is 18.1 Å². The van der Waals surface area contributed by atoms with E-state index >= 15 is 0 Å². The summed E-state index contributed by atoms with van der Waals surface area (Å²) in [5.74, 6) is 0. The van der Waals surface area contributed by atoms with E-state index in [1.165, 1.54) is 24.8 Å². The van der Waals surface area contributed by atoms with Crippen LogP contribution in [0.3, 0.4) is 0 Å². The van der Waals surface area contributed by atoms with E-state index in [2.05, 4.69) is 36.9 Å². The first-order valence-electron chi connectivity index (χ1n) is 7.15. The lowest BCUT2D eigenvalue weighted by Gasteiger charge is -2.44. The van der Waals surface area contributed by atoms with Crippen molar-refractivity contribution in [1.29, 1.82) is 5.26 Å². The molecule has 3 heteroatoms. The highest BCUT2D eigenvalue weighted by atomic mass is 15.2. The molecule has 0 bridgehead atoms. The predicted molar refractivity (Wildman–Crippen MR) is 77.6 cm³/mol. The molecule has 1 aromatic rings. The number of benzene rings is 1. The molecule has 2 rings (SSSR count). The lowest BCUT2D eigenvalue weighted by molar-refractivity contribution is 0.0570. The highest BCUT2D eigenvalue weighted by Gasteiger charge is 2.31. The van der Waals surface area contributed by atoms with Crippen LogP contribution < -0.4 is 5.73 Å². The van der Waals surface area contributed by atoms with E-state index < -0.39 is 0 Å². The van der Waals surface area contributed by atoms with Crippen LogP contribution in [0.25, 0.3) is 0 Å². The van der Waals surface area contributed by atoms with Gasteiger partial charge in [0, 0.05) is 24.7 Å². The van der Waals surface area contributed by atoms with Gasteiger partial charge in [-0.2, -0.15) is 5.26 Å². The fourth-order valence-electron chi connectivity index (χ4n) is 3.25. The molecule has 0 spiro atoms. The summed E-state index contributed by atoms with van der Waals surface area (Å²) in [6, 6.07) is 11.5. The Bertz CT molecular complexity index is 446. The average molecular weight is 257 g/mol. The fourth-order valence-corrected chi connectivity index (χ4v) is 3.25. The molecule has 1 fully saturated rings. The van der Waals surface area contributed by atoms with Crippen LogP contribution in [0.1, 0.15) is 50.3 Å². The normalized spacial score (nSPS) is 25.8. The molecule has 3 nitrogen and oxygen atoms in total. The van der Waals surface area contributed by atoms with Gasteiger partial charge in [-0.05, 0) is 44.4 Å². The lowest BCUT2D eigenvalue weighted by atomic mass is 9.92. The van der Waals surface area contributed by atoms with Crippen LogP contribution in [0.2, 0.25) is 0 Å². The highest BCUT2D eigenvalue weighted by molar-refractivity contribution is 5.32. The Hall–Kier alpha value is -1.37. The van der Waals surface area contributed by atoms with Gasteiger partial charge in [0.25, 0.3) is 0 Å². The van der Waals surface area contributed by atoms with Crippen LogP contribution in [0.5, 0.6) is 0 Å². The molecule has 3 atom stereocenters. The van der Waals surface area contributed by atoms with Gasteiger partial charge in [0.1, 0.15) is 0 Å². The third-order valence-corrected chi connectivity index (χ3v) is 4.33. The number of nitrogens with two attached hydrogens (primary N) is 1. The molecule has 0 radical (unpaired) electrons. The average Bonchev–Trinajstić information content (AvgIpc) is 2.46. The van der Waals surface area contributed by atoms with Gasteiger partial charge in [-0.25, -0.2) is 0 Å². The second kappa shape index (κ2) is 6.18. The van der Waals surface area contributed by atoms with Crippen LogP contribution in [0, 0.1) is 11.3 Å². The van der Waals surface area contributed by atoms with E-state index in [1.54, 1.807) is 0 Å². The number of nitriles is 1. The minimum Gasteiger partial charge on any atom is -0.329 e. The van der Waals surface area contributed by atoms with Crippen molar-refractivity contribution in [3.63, 3.8) is 0 Å². The summed E-state index contributed by atoms with van der Waals surface area (Å²) in [6.07, 6.45) is 3.72. The molecule has 1 heterocycles. The number of likely N-dealkylation sites (tertiary alicyclic amines) is 1. The third kappa shape index (κ3) is 2.97. The molecule has 1 aliphatic heterocycles. The first-order chi connectivity index (χ1) is 9.17. The summed E-state index contributed by atoms with van der Waals surface area (Å²) in [4.78, 5) is 2.55. The van der Waals surface area contributed by atoms with Crippen LogP contribution in [-0.4, -0.2) is 23.5 Å². The number of rotatable bonds is 3. The molecular formula is C16H23N3. The van der Waals surface area contributed by atoms with Gasteiger partial charge < -0.3 is 5.73 Å². The van der Waals surface area contributed by atoms with Crippen molar-refractivity contribution >= 4 is 0 Å². The van der Waals surface area contributed by atoms with E-state index in [1.807, 2.05) is 12.1 Å². The number of piperidine rings is 1. The van der Waals surface area contributed by atoms with Gasteiger partial charge in [-0.3, -0.25) is 4.90 Å². The van der Waals surface area contributed by atoms with Crippen molar-refractivity contribution in [1.82, 2.24) is 4.90 Å². The molecule has 0 amide bonds. The molecule has 1 aromatic carbocycles. The zero-order valence-electron chi connectivity index (χ0n) is 11.8. The van der Waals surface area contributed by atoms with Crippen molar-refractivity contribution < 1.29 is 0 Å². The molecule has 1 aliphatic rings. The Kier molecular flexibility index (Phi) is 4.57. The maximum Gasteiger partial charge on any atom is 0.0991 e. The summed E-state index contributed by atoms with van der Waals surface area (Å²) >= 11 is 0. The van der Waals surface area contributed by atoms with E-state index in [9.17, 15) is 0 Å². The van der Waals surface area contributed by atoms with Crippen LogP contribution in [0.4, 0.5) is 0 Å². The van der Waals surface area contributed by atoms with Crippen molar-refractivity contribution in [2.75, 3.05) is 6.54 Å². The minimum atomic E-state index is 0.358. The minimum absolute atomic E-state index is 0.358. The number of hydrogen-bond acceptors (Lipinski definition) is 3. The van der Waals surface area contributed by atoms with Crippen LogP contribution in [-0.2, 0) is 0 Å². The smallest absolute Gasteiger partial charge is 0.0991 e. The third-order valence-electron chi connectivity index (χ3n) is 4.33. The van der Waals surface area contributed by atoms with E-state index in [0.717, 1.165) is 12.1 Å². The highest BCUT2D eigenvalue weighted by Crippen LogP contribution is 2.31. The Morgan fingerprint density at radius 3 is 2.63 bits per heavy atom. The summed E-state index contributed by atoms with van der Waals surface area (Å²) in [7, 11) is 0. The molecule has 0 saturated carbocycles. The van der Waals surface area contributed by atoms with Crippen LogP contribution in [0.15, 0.2) is 24.3 Å². The summed E-state index contributed by atoms with van der Waals surface area (Å²) < 4.78 is 0. The largest absolute Gasteiger partial charge is 0.329 e. The maximum atomic E-state index is 8.86. The van der Waals surface area contributed by atoms with Gasteiger partial charge in [-0.1, -0.05) is 18.6 Å². The number of hydrogen-bond donors (Lipinski definition) is 1. The monoisotopic (exact) mass is 257 g/mol. The summed E-state index contributed by atoms with van der Waals surface area (Å²) in [5, 5.41) is 8.86. The zero-order valence-corrected chi connectivity index (χ0v) is 11.8. The topological polar surface area (TPSA) is 53.0 Å². The van der Waals surface area contributed by atoms with E-state index in [4.69, 9.17) is 11.0 Å². The summed E-state index contributed by atoms with van der Waals surface area (Å²) in [6.45, 7) is 5.26. The summed E-state index contributed by atoms with van der Waals surface area (Å²) in [5.41, 5.74) is 7.92. The fraction of sp³-hybridized carbons (Fsp3) is 0.562. The molecular weight excluding hydrogens is 234 g/mol. The predicted octanol–water partition coefficient (Wildman–Crippen LogP) is 2.82. The quantitative estimate of drug-likeness (QED) is 0.906. The second-order valence-corrected chi connectivity index (χ2v) is 5.53. The molecule has 1 saturated heterocycles. The Morgan fingerprint density at radius 1 is 1.37 bits per heavy atom. The Morgan fingerprint density at radius 2 is 2.05 bits per heavy atom. The van der Waals surface area contributed by atoms with Crippen LogP contribution >= 0.6 is 0 Å². The van der Waals surface area contributed by atoms with Crippen molar-refractivity contribution in [2.24, 2.45) is 5.73 Å². The van der Waals surface area contributed by atoms with Crippen molar-refractivity contribution in [3.8, 4) is 6.07 Å². The molecule has 0 aromatic heterocycles. The molecule has 19 heavy (non-hydrogen) atoms. The Labute approximate surface area is 116 Å². The molecule has 3 unspecified atom stereocenters. The first kappa shape index (κ1) is 14.0. The standard InChI is InChI=1S/C16H23N3/c1-12-4-3-5-16(11-18)19(12)13(2)15-8-6-14(10-17)7-9-15/h6-9,12-13,16H,3-5,11,18H2,1-2H3. The van der Waals surface area contributed by atoms with Crippen molar-refractivity contribution in [2.45, 2.75) is 51.2 Å². The number of nitrogens with zero attached hydrogens (tertiary/aromatic N) is 2. The van der Waals surface area contributed by atoms with Crippen molar-refractivity contribution in [3.05, 3.63) is 35.4 Å². The SMILES string of the molecule is CC1CCCC(CN)N1C(C)c1ccc(C#N)cc1. The molecule has 0 aliphatic carbocycles. The van der Waals surface area contributed by atoms with Gasteiger partial charge in [-0.15, -0.1) is 0 Å². The van der Waals surface area contributed by atoms with Gasteiger partial charge in [0.2, 0.25) is 0 Å². The van der Waals surface area contributed by atoms with E-state index in [-0.39, 0.29) is 0 Å². The maximum absolute atomic E-state index is 8.86. The van der Waals surface area contributed by atoms with Gasteiger partial charge in [0.15, 0.2) is 0 Å². The molecule has 102 valence electrons. The van der Waals surface area contributed by atoms with Gasteiger partial charge >= 0.3 is 0 Å². The lowest BCUT2D eigenvalue weighted by Crippen LogP contribution is -2.49. The second-order valence-electron chi connectivity index (χ2n) is 5.53. The zero-order chi connectivity index (χ0) is 13.8. The Balaban J connectivity index is 2.20. The van der Waals surface area contributed by atoms with Gasteiger partial charge in [0.05, 0.1) is 11.6 Å².